The smallest absolute Gasteiger partial charge is 0.355 e. The van der Waals surface area contributed by atoms with Gasteiger partial charge in [-0.2, -0.15) is 22.7 Å². The largest absolute Gasteiger partial charge is 0.453 e. The number of rotatable bonds is 3. The fourth-order valence-electron chi connectivity index (χ4n) is 2.32. The minimum absolute atomic E-state index is 0.0729. The van der Waals surface area contributed by atoms with Gasteiger partial charge in [-0.3, -0.25) is 0 Å². The van der Waals surface area contributed by atoms with E-state index in [0.29, 0.717) is 18.1 Å². The second kappa shape index (κ2) is 6.04. The van der Waals surface area contributed by atoms with Crippen LogP contribution in [0.15, 0.2) is 34.8 Å². The maximum absolute atomic E-state index is 12.9. The average molecular weight is 400 g/mol. The third-order valence-electron chi connectivity index (χ3n) is 3.43. The van der Waals surface area contributed by atoms with Gasteiger partial charge >= 0.3 is 6.18 Å². The number of alkyl halides is 3. The van der Waals surface area contributed by atoms with Crippen molar-refractivity contribution in [2.45, 2.75) is 19.6 Å². The minimum atomic E-state index is -4.61. The first-order chi connectivity index (χ1) is 11.3. The van der Waals surface area contributed by atoms with Crippen LogP contribution in [-0.2, 0) is 12.7 Å². The molecule has 0 amide bonds. The van der Waals surface area contributed by atoms with E-state index in [1.54, 1.807) is 24.9 Å². The molecule has 3 rings (SSSR count). The van der Waals surface area contributed by atoms with Crippen LogP contribution in [0, 0.1) is 6.92 Å². The average Bonchev–Trinajstić information content (AvgIpc) is 2.92. The van der Waals surface area contributed by atoms with Crippen LogP contribution in [0.1, 0.15) is 17.1 Å². The molecule has 126 valence electrons. The van der Waals surface area contributed by atoms with Crippen LogP contribution < -0.4 is 4.90 Å². The molecule has 0 unspecified atom stereocenters. The SMILES string of the molecule is Cc1cc(N(C)Cc2ccccc2Br)n2nc(C(F)(F)F)nc2n1. The highest BCUT2D eigenvalue weighted by molar-refractivity contribution is 9.10. The Morgan fingerprint density at radius 3 is 2.58 bits per heavy atom. The quantitative estimate of drug-likeness (QED) is 0.670. The molecule has 0 aliphatic carbocycles. The highest BCUT2D eigenvalue weighted by atomic mass is 79.9. The lowest BCUT2D eigenvalue weighted by Crippen LogP contribution is -2.20. The van der Waals surface area contributed by atoms with E-state index >= 15 is 0 Å². The predicted octanol–water partition coefficient (Wildman–Crippen LogP) is 3.85. The molecule has 24 heavy (non-hydrogen) atoms. The van der Waals surface area contributed by atoms with Crippen LogP contribution in [0.3, 0.4) is 0 Å². The molecule has 3 aromatic rings. The van der Waals surface area contributed by atoms with E-state index in [-0.39, 0.29) is 5.78 Å². The maximum atomic E-state index is 12.9. The Labute approximate surface area is 144 Å². The summed E-state index contributed by atoms with van der Waals surface area (Å²) in [6.45, 7) is 2.19. The maximum Gasteiger partial charge on any atom is 0.453 e. The van der Waals surface area contributed by atoms with E-state index in [0.717, 1.165) is 14.6 Å². The lowest BCUT2D eigenvalue weighted by Gasteiger charge is -2.20. The van der Waals surface area contributed by atoms with Crippen molar-refractivity contribution in [1.82, 2.24) is 19.6 Å². The number of aryl methyl sites for hydroxylation is 1. The number of nitrogens with zero attached hydrogens (tertiary/aromatic N) is 5. The van der Waals surface area contributed by atoms with Gasteiger partial charge in [-0.05, 0) is 18.6 Å². The molecule has 2 heterocycles. The Kier molecular flexibility index (Phi) is 4.20. The number of hydrogen-bond donors (Lipinski definition) is 0. The predicted molar refractivity (Wildman–Crippen MR) is 86.8 cm³/mol. The first kappa shape index (κ1) is 16.7. The van der Waals surface area contributed by atoms with Crippen LogP contribution in [-0.4, -0.2) is 26.6 Å². The molecule has 0 fully saturated rings. The number of aromatic nitrogens is 4. The molecule has 9 heteroatoms. The number of hydrogen-bond acceptors (Lipinski definition) is 4. The molecule has 0 atom stereocenters. The summed E-state index contributed by atoms with van der Waals surface area (Å²) >= 11 is 3.47. The zero-order chi connectivity index (χ0) is 17.5. The van der Waals surface area contributed by atoms with Crippen molar-refractivity contribution in [3.8, 4) is 0 Å². The number of anilines is 1. The lowest BCUT2D eigenvalue weighted by molar-refractivity contribution is -0.144. The summed E-state index contributed by atoms with van der Waals surface area (Å²) in [5.74, 6) is -0.788. The minimum Gasteiger partial charge on any atom is -0.355 e. The summed E-state index contributed by atoms with van der Waals surface area (Å²) in [4.78, 5) is 9.33. The van der Waals surface area contributed by atoms with Crippen molar-refractivity contribution in [2.75, 3.05) is 11.9 Å². The molecule has 0 bridgehead atoms. The van der Waals surface area contributed by atoms with Crippen molar-refractivity contribution >= 4 is 27.5 Å². The van der Waals surface area contributed by atoms with Crippen molar-refractivity contribution in [3.05, 3.63) is 51.9 Å². The van der Waals surface area contributed by atoms with Gasteiger partial charge < -0.3 is 4.90 Å². The zero-order valence-electron chi connectivity index (χ0n) is 12.8. The van der Waals surface area contributed by atoms with Crippen molar-refractivity contribution in [1.29, 1.82) is 0 Å². The van der Waals surface area contributed by atoms with Gasteiger partial charge in [-0.15, -0.1) is 5.10 Å². The Bertz CT molecular complexity index is 890. The van der Waals surface area contributed by atoms with Gasteiger partial charge in [0.15, 0.2) is 0 Å². The highest BCUT2D eigenvalue weighted by Gasteiger charge is 2.37. The summed E-state index contributed by atoms with van der Waals surface area (Å²) in [6, 6.07) is 9.33. The summed E-state index contributed by atoms with van der Waals surface area (Å²) < 4.78 is 40.7. The van der Waals surface area contributed by atoms with E-state index < -0.39 is 12.0 Å². The van der Waals surface area contributed by atoms with Gasteiger partial charge in [0.05, 0.1) is 0 Å². The van der Waals surface area contributed by atoms with E-state index in [1.807, 2.05) is 24.3 Å². The normalized spacial score (nSPS) is 11.9. The lowest BCUT2D eigenvalue weighted by atomic mass is 10.2. The van der Waals surface area contributed by atoms with Crippen molar-refractivity contribution in [3.63, 3.8) is 0 Å². The standard InChI is InChI=1S/C15H13BrF3N5/c1-9-7-12(23(2)8-10-5-3-4-6-11(10)16)24-14(20-9)21-13(22-24)15(17,18)19/h3-7H,8H2,1-2H3. The van der Waals surface area contributed by atoms with Crippen LogP contribution in [0.2, 0.25) is 0 Å². The molecule has 0 saturated heterocycles. The summed E-state index contributed by atoms with van der Waals surface area (Å²) in [7, 11) is 1.78. The van der Waals surface area contributed by atoms with E-state index in [9.17, 15) is 13.2 Å². The van der Waals surface area contributed by atoms with E-state index in [1.165, 1.54) is 0 Å². The van der Waals surface area contributed by atoms with E-state index in [2.05, 4.69) is 31.0 Å². The molecule has 2 aromatic heterocycles. The highest BCUT2D eigenvalue weighted by Crippen LogP contribution is 2.28. The molecule has 0 radical (unpaired) electrons. The third-order valence-corrected chi connectivity index (χ3v) is 4.21. The summed E-state index contributed by atoms with van der Waals surface area (Å²) in [5, 5.41) is 3.57. The van der Waals surface area contributed by atoms with Gasteiger partial charge in [0.2, 0.25) is 0 Å². The molecule has 0 aliphatic rings. The van der Waals surface area contributed by atoms with Gasteiger partial charge in [0.25, 0.3) is 11.6 Å². The monoisotopic (exact) mass is 399 g/mol. The molecular weight excluding hydrogens is 387 g/mol. The molecule has 0 N–H and O–H groups in total. The van der Waals surface area contributed by atoms with Crippen LogP contribution >= 0.6 is 15.9 Å². The van der Waals surface area contributed by atoms with Gasteiger partial charge in [0, 0.05) is 29.8 Å². The van der Waals surface area contributed by atoms with E-state index in [4.69, 9.17) is 0 Å². The zero-order valence-corrected chi connectivity index (χ0v) is 14.4. The van der Waals surface area contributed by atoms with Crippen molar-refractivity contribution < 1.29 is 13.2 Å². The molecule has 0 saturated carbocycles. The topological polar surface area (TPSA) is 46.3 Å². The Balaban J connectivity index is 2.04. The number of benzene rings is 1. The second-order valence-electron chi connectivity index (χ2n) is 5.35. The number of halogens is 4. The van der Waals surface area contributed by atoms with Crippen molar-refractivity contribution in [2.24, 2.45) is 0 Å². The molecule has 0 aliphatic heterocycles. The Morgan fingerprint density at radius 1 is 1.21 bits per heavy atom. The van der Waals surface area contributed by atoms with Gasteiger partial charge in [0.1, 0.15) is 5.82 Å². The first-order valence-corrected chi connectivity index (χ1v) is 7.81. The first-order valence-electron chi connectivity index (χ1n) is 7.02. The Hall–Kier alpha value is -2.16. The third kappa shape index (κ3) is 3.21. The fraction of sp³-hybridized carbons (Fsp3) is 0.267. The Morgan fingerprint density at radius 2 is 1.92 bits per heavy atom. The molecule has 0 spiro atoms. The van der Waals surface area contributed by atoms with Gasteiger partial charge in [-0.1, -0.05) is 34.1 Å². The van der Waals surface area contributed by atoms with Gasteiger partial charge in [-0.25, -0.2) is 4.98 Å². The van der Waals surface area contributed by atoms with Crippen LogP contribution in [0.4, 0.5) is 19.0 Å². The molecular formula is C15H13BrF3N5. The number of fused-ring (bicyclic) bond motifs is 1. The molecule has 5 nitrogen and oxygen atoms in total. The van der Waals surface area contributed by atoms with Crippen LogP contribution in [0.25, 0.3) is 5.78 Å². The summed E-state index contributed by atoms with van der Waals surface area (Å²) in [5.41, 5.74) is 1.57. The second-order valence-corrected chi connectivity index (χ2v) is 6.20. The fourth-order valence-corrected chi connectivity index (χ4v) is 2.73. The molecule has 1 aromatic carbocycles. The van der Waals surface area contributed by atoms with Crippen LogP contribution in [0.5, 0.6) is 0 Å². The summed E-state index contributed by atoms with van der Waals surface area (Å²) in [6.07, 6.45) is -4.61.